The second-order valence-electron chi connectivity index (χ2n) is 6.18. The molecular formula is C19H22Cl2N2O5S. The molecule has 2 rings (SSSR count). The van der Waals surface area contributed by atoms with Crippen molar-refractivity contribution in [3.8, 4) is 11.5 Å². The summed E-state index contributed by atoms with van der Waals surface area (Å²) in [6.45, 7) is 3.59. The lowest BCUT2D eigenvalue weighted by Gasteiger charge is -2.18. The Morgan fingerprint density at radius 3 is 2.48 bits per heavy atom. The lowest BCUT2D eigenvalue weighted by molar-refractivity contribution is -0.122. The standard InChI is InChI=1S/C19H22Cl2N2O5S/c1-5-27-15-10-9-13(11-17(15)29(25,26)23(3)4)22-19(24)12(2)28-16-8-6-7-14(20)18(16)21/h6-12H,5H2,1-4H3,(H,22,24). The number of carbonyl (C=O) groups excluding carboxylic acids is 1. The molecule has 10 heteroatoms. The molecule has 158 valence electrons. The summed E-state index contributed by atoms with van der Waals surface area (Å²) in [4.78, 5) is 12.5. The lowest BCUT2D eigenvalue weighted by Crippen LogP contribution is -2.30. The first-order valence-corrected chi connectivity index (χ1v) is 10.9. The van der Waals surface area contributed by atoms with E-state index in [-0.39, 0.29) is 27.1 Å². The predicted molar refractivity (Wildman–Crippen MR) is 114 cm³/mol. The van der Waals surface area contributed by atoms with E-state index in [2.05, 4.69) is 5.32 Å². The van der Waals surface area contributed by atoms with Crippen LogP contribution in [0, 0.1) is 0 Å². The van der Waals surface area contributed by atoms with Gasteiger partial charge in [0, 0.05) is 19.8 Å². The molecule has 7 nitrogen and oxygen atoms in total. The smallest absolute Gasteiger partial charge is 0.265 e. The van der Waals surface area contributed by atoms with Gasteiger partial charge < -0.3 is 14.8 Å². The van der Waals surface area contributed by atoms with E-state index < -0.39 is 22.0 Å². The van der Waals surface area contributed by atoms with E-state index in [1.807, 2.05) is 0 Å². The van der Waals surface area contributed by atoms with Gasteiger partial charge in [0.05, 0.1) is 11.6 Å². The molecular weight excluding hydrogens is 439 g/mol. The van der Waals surface area contributed by atoms with E-state index >= 15 is 0 Å². The van der Waals surface area contributed by atoms with Crippen molar-refractivity contribution in [2.45, 2.75) is 24.8 Å². The highest BCUT2D eigenvalue weighted by molar-refractivity contribution is 7.89. The minimum atomic E-state index is -3.77. The molecule has 0 bridgehead atoms. The fourth-order valence-electron chi connectivity index (χ4n) is 2.32. The molecule has 0 radical (unpaired) electrons. The van der Waals surface area contributed by atoms with Gasteiger partial charge in [-0.05, 0) is 44.2 Å². The molecule has 1 N–H and O–H groups in total. The van der Waals surface area contributed by atoms with Gasteiger partial charge in [0.25, 0.3) is 5.91 Å². The number of anilines is 1. The fourth-order valence-corrected chi connectivity index (χ4v) is 3.71. The first-order chi connectivity index (χ1) is 13.6. The van der Waals surface area contributed by atoms with Crippen molar-refractivity contribution >= 4 is 44.8 Å². The summed E-state index contributed by atoms with van der Waals surface area (Å²) in [6, 6.07) is 9.24. The van der Waals surface area contributed by atoms with Gasteiger partial charge in [0.15, 0.2) is 6.10 Å². The molecule has 0 saturated heterocycles. The highest BCUT2D eigenvalue weighted by Crippen LogP contribution is 2.32. The quantitative estimate of drug-likeness (QED) is 0.641. The average molecular weight is 461 g/mol. The largest absolute Gasteiger partial charge is 0.492 e. The second kappa shape index (κ2) is 9.67. The van der Waals surface area contributed by atoms with Crippen LogP contribution in [-0.2, 0) is 14.8 Å². The highest BCUT2D eigenvalue weighted by atomic mass is 35.5. The molecule has 1 amide bonds. The normalized spacial score (nSPS) is 12.5. The Bertz CT molecular complexity index is 996. The molecule has 1 atom stereocenters. The van der Waals surface area contributed by atoms with Crippen molar-refractivity contribution in [2.75, 3.05) is 26.0 Å². The number of hydrogen-bond acceptors (Lipinski definition) is 5. The molecule has 1 unspecified atom stereocenters. The Morgan fingerprint density at radius 2 is 1.86 bits per heavy atom. The van der Waals surface area contributed by atoms with Crippen LogP contribution in [-0.4, -0.2) is 45.4 Å². The number of nitrogens with zero attached hydrogens (tertiary/aromatic N) is 1. The number of nitrogens with one attached hydrogen (secondary N) is 1. The van der Waals surface area contributed by atoms with Crippen LogP contribution in [0.3, 0.4) is 0 Å². The van der Waals surface area contributed by atoms with Crippen LogP contribution in [0.25, 0.3) is 0 Å². The van der Waals surface area contributed by atoms with E-state index in [1.54, 1.807) is 38.1 Å². The van der Waals surface area contributed by atoms with Crippen LogP contribution < -0.4 is 14.8 Å². The Kier molecular flexibility index (Phi) is 7.76. The molecule has 0 saturated carbocycles. The van der Waals surface area contributed by atoms with Crippen molar-refractivity contribution in [1.29, 1.82) is 0 Å². The van der Waals surface area contributed by atoms with E-state index in [0.717, 1.165) is 4.31 Å². The van der Waals surface area contributed by atoms with Crippen LogP contribution in [0.2, 0.25) is 10.0 Å². The third-order valence-corrected chi connectivity index (χ3v) is 6.50. The van der Waals surface area contributed by atoms with Crippen molar-refractivity contribution in [2.24, 2.45) is 0 Å². The van der Waals surface area contributed by atoms with E-state index in [9.17, 15) is 13.2 Å². The maximum absolute atomic E-state index is 12.6. The Balaban J connectivity index is 2.24. The molecule has 0 aliphatic heterocycles. The van der Waals surface area contributed by atoms with E-state index in [1.165, 1.54) is 26.2 Å². The number of amides is 1. The summed E-state index contributed by atoms with van der Waals surface area (Å²) in [7, 11) is -0.938. The van der Waals surface area contributed by atoms with Gasteiger partial charge in [-0.15, -0.1) is 0 Å². The summed E-state index contributed by atoms with van der Waals surface area (Å²) >= 11 is 12.0. The first-order valence-electron chi connectivity index (χ1n) is 8.68. The van der Waals surface area contributed by atoms with Crippen molar-refractivity contribution in [3.05, 3.63) is 46.4 Å². The molecule has 2 aromatic rings. The van der Waals surface area contributed by atoms with Crippen molar-refractivity contribution < 1.29 is 22.7 Å². The van der Waals surface area contributed by atoms with Crippen LogP contribution in [0.1, 0.15) is 13.8 Å². The topological polar surface area (TPSA) is 84.9 Å². The Labute approximate surface area is 180 Å². The molecule has 29 heavy (non-hydrogen) atoms. The first kappa shape index (κ1) is 23.3. The number of benzene rings is 2. The number of sulfonamides is 1. The van der Waals surface area contributed by atoms with Crippen LogP contribution in [0.15, 0.2) is 41.3 Å². The SMILES string of the molecule is CCOc1ccc(NC(=O)C(C)Oc2cccc(Cl)c2Cl)cc1S(=O)(=O)N(C)C. The van der Waals surface area contributed by atoms with Crippen LogP contribution in [0.4, 0.5) is 5.69 Å². The highest BCUT2D eigenvalue weighted by Gasteiger charge is 2.24. The van der Waals surface area contributed by atoms with Gasteiger partial charge in [0.2, 0.25) is 10.0 Å². The van der Waals surface area contributed by atoms with Crippen LogP contribution in [0.5, 0.6) is 11.5 Å². The molecule has 0 aromatic heterocycles. The average Bonchev–Trinajstić information content (AvgIpc) is 2.66. The number of halogens is 2. The predicted octanol–water partition coefficient (Wildman–Crippen LogP) is 4.05. The minimum absolute atomic E-state index is 0.0476. The number of hydrogen-bond donors (Lipinski definition) is 1. The summed E-state index contributed by atoms with van der Waals surface area (Å²) in [5.74, 6) is -0.0167. The molecule has 0 aliphatic rings. The summed E-state index contributed by atoms with van der Waals surface area (Å²) in [5.41, 5.74) is 0.284. The maximum Gasteiger partial charge on any atom is 0.265 e. The molecule has 0 aliphatic carbocycles. The second-order valence-corrected chi connectivity index (χ2v) is 9.09. The van der Waals surface area contributed by atoms with Gasteiger partial charge in [-0.2, -0.15) is 0 Å². The minimum Gasteiger partial charge on any atom is -0.492 e. The maximum atomic E-state index is 12.6. The van der Waals surface area contributed by atoms with Crippen LogP contribution >= 0.6 is 23.2 Å². The number of rotatable bonds is 8. The van der Waals surface area contributed by atoms with Crippen molar-refractivity contribution in [1.82, 2.24) is 4.31 Å². The van der Waals surface area contributed by atoms with E-state index in [0.29, 0.717) is 11.6 Å². The Morgan fingerprint density at radius 1 is 1.17 bits per heavy atom. The zero-order valence-corrected chi connectivity index (χ0v) is 18.7. The molecule has 2 aromatic carbocycles. The monoisotopic (exact) mass is 460 g/mol. The van der Waals surface area contributed by atoms with Gasteiger partial charge in [0.1, 0.15) is 21.4 Å². The lowest BCUT2D eigenvalue weighted by atomic mass is 10.2. The van der Waals surface area contributed by atoms with Gasteiger partial charge in [-0.25, -0.2) is 12.7 Å². The number of ether oxygens (including phenoxy) is 2. The third kappa shape index (κ3) is 5.54. The van der Waals surface area contributed by atoms with Gasteiger partial charge in [-0.3, -0.25) is 4.79 Å². The number of carbonyl (C=O) groups is 1. The van der Waals surface area contributed by atoms with E-state index in [4.69, 9.17) is 32.7 Å². The molecule has 0 fully saturated rings. The zero-order valence-electron chi connectivity index (χ0n) is 16.4. The molecule has 0 heterocycles. The third-order valence-electron chi connectivity index (χ3n) is 3.86. The Hall–Kier alpha value is -2.00. The summed E-state index contributed by atoms with van der Waals surface area (Å²) < 4.78 is 37.2. The zero-order chi connectivity index (χ0) is 21.8. The fraction of sp³-hybridized carbons (Fsp3) is 0.316. The van der Waals surface area contributed by atoms with Gasteiger partial charge >= 0.3 is 0 Å². The summed E-state index contributed by atoms with van der Waals surface area (Å²) in [5, 5.41) is 3.15. The van der Waals surface area contributed by atoms with Gasteiger partial charge in [-0.1, -0.05) is 29.3 Å². The summed E-state index contributed by atoms with van der Waals surface area (Å²) in [6.07, 6.45) is -0.911. The van der Waals surface area contributed by atoms with Crippen molar-refractivity contribution in [3.63, 3.8) is 0 Å². The molecule has 0 spiro atoms.